The first-order chi connectivity index (χ1) is 8.18. The summed E-state index contributed by atoms with van der Waals surface area (Å²) >= 11 is 2.96. The van der Waals surface area contributed by atoms with Crippen molar-refractivity contribution in [1.82, 2.24) is 0 Å². The lowest BCUT2D eigenvalue weighted by atomic mass is 9.98. The number of carboxylic acids is 1. The number of ether oxygens (including phenoxy) is 1. The molecule has 1 unspecified atom stereocenters. The van der Waals surface area contributed by atoms with Crippen LogP contribution in [0.1, 0.15) is 24.0 Å². The number of rotatable bonds is 3. The zero-order valence-electron chi connectivity index (χ0n) is 9.51. The van der Waals surface area contributed by atoms with Gasteiger partial charge in [0.15, 0.2) is 0 Å². The molecule has 0 aromatic heterocycles. The summed E-state index contributed by atoms with van der Waals surface area (Å²) in [6, 6.07) is 1.64. The van der Waals surface area contributed by atoms with Crippen LogP contribution in [0.4, 0.5) is 13.2 Å². The highest BCUT2D eigenvalue weighted by molar-refractivity contribution is 9.10. The highest BCUT2D eigenvalue weighted by Gasteiger charge is 2.33. The Morgan fingerprint density at radius 2 is 2.00 bits per heavy atom. The fourth-order valence-electron chi connectivity index (χ4n) is 1.47. The van der Waals surface area contributed by atoms with Crippen LogP contribution >= 0.6 is 15.9 Å². The molecule has 0 aliphatic carbocycles. The van der Waals surface area contributed by atoms with Crippen LogP contribution < -0.4 is 4.74 Å². The first-order valence-electron chi connectivity index (χ1n) is 4.86. The zero-order chi connectivity index (χ0) is 14.1. The van der Waals surface area contributed by atoms with Crippen molar-refractivity contribution in [2.24, 2.45) is 0 Å². The molecular formula is C11H10BrF3O3. The third kappa shape index (κ3) is 2.95. The fourth-order valence-corrected chi connectivity index (χ4v) is 2.25. The van der Waals surface area contributed by atoms with Gasteiger partial charge in [0.05, 0.1) is 18.6 Å². The van der Waals surface area contributed by atoms with Crippen molar-refractivity contribution in [2.45, 2.75) is 19.0 Å². The lowest BCUT2D eigenvalue weighted by Gasteiger charge is -2.17. The van der Waals surface area contributed by atoms with E-state index in [9.17, 15) is 18.0 Å². The number of hydrogen-bond donors (Lipinski definition) is 1. The van der Waals surface area contributed by atoms with Gasteiger partial charge in [0.2, 0.25) is 0 Å². The van der Waals surface area contributed by atoms with Crippen LogP contribution in [0.5, 0.6) is 5.75 Å². The second kappa shape index (κ2) is 5.17. The van der Waals surface area contributed by atoms with Gasteiger partial charge in [0.25, 0.3) is 0 Å². The summed E-state index contributed by atoms with van der Waals surface area (Å²) < 4.78 is 42.6. The summed E-state index contributed by atoms with van der Waals surface area (Å²) in [4.78, 5) is 10.9. The predicted molar refractivity (Wildman–Crippen MR) is 61.7 cm³/mol. The van der Waals surface area contributed by atoms with Crippen molar-refractivity contribution in [3.8, 4) is 5.75 Å². The first-order valence-corrected chi connectivity index (χ1v) is 5.65. The second-order valence-corrected chi connectivity index (χ2v) is 4.49. The number of halogens is 4. The van der Waals surface area contributed by atoms with Crippen LogP contribution in [0.25, 0.3) is 0 Å². The third-order valence-electron chi connectivity index (χ3n) is 2.44. The van der Waals surface area contributed by atoms with Gasteiger partial charge in [-0.05, 0) is 19.1 Å². The minimum Gasteiger partial charge on any atom is -0.496 e. The summed E-state index contributed by atoms with van der Waals surface area (Å²) in [6.45, 7) is 1.37. The average Bonchev–Trinajstić information content (AvgIpc) is 2.25. The molecule has 100 valence electrons. The largest absolute Gasteiger partial charge is 0.496 e. The average molecular weight is 327 g/mol. The summed E-state index contributed by atoms with van der Waals surface area (Å²) in [5.74, 6) is -2.23. The van der Waals surface area contributed by atoms with Crippen molar-refractivity contribution in [3.05, 3.63) is 27.7 Å². The first kappa shape index (κ1) is 14.8. The summed E-state index contributed by atoms with van der Waals surface area (Å²) in [5.41, 5.74) is -0.717. The summed E-state index contributed by atoms with van der Waals surface area (Å²) in [7, 11) is 1.19. The molecular weight excluding hydrogens is 317 g/mol. The number of benzene rings is 1. The molecule has 1 rings (SSSR count). The maximum Gasteiger partial charge on any atom is 0.416 e. The van der Waals surface area contributed by atoms with Crippen LogP contribution in [0.3, 0.4) is 0 Å². The Morgan fingerprint density at radius 1 is 1.44 bits per heavy atom. The Hall–Kier alpha value is -1.24. The molecule has 0 spiro atoms. The van der Waals surface area contributed by atoms with E-state index in [4.69, 9.17) is 9.84 Å². The van der Waals surface area contributed by atoms with Crippen LogP contribution in [0.2, 0.25) is 0 Å². The molecule has 1 atom stereocenters. The zero-order valence-corrected chi connectivity index (χ0v) is 11.1. The number of alkyl halides is 3. The molecule has 0 fully saturated rings. The van der Waals surface area contributed by atoms with Crippen molar-refractivity contribution in [1.29, 1.82) is 0 Å². The van der Waals surface area contributed by atoms with E-state index >= 15 is 0 Å². The molecule has 7 heteroatoms. The van der Waals surface area contributed by atoms with Gasteiger partial charge in [-0.1, -0.05) is 15.9 Å². The van der Waals surface area contributed by atoms with Crippen LogP contribution in [-0.4, -0.2) is 18.2 Å². The van der Waals surface area contributed by atoms with E-state index in [2.05, 4.69) is 15.9 Å². The van der Waals surface area contributed by atoms with Crippen molar-refractivity contribution in [2.75, 3.05) is 7.11 Å². The molecule has 0 amide bonds. The van der Waals surface area contributed by atoms with E-state index < -0.39 is 23.6 Å². The van der Waals surface area contributed by atoms with Gasteiger partial charge in [0, 0.05) is 10.0 Å². The lowest BCUT2D eigenvalue weighted by molar-refractivity contribution is -0.138. The van der Waals surface area contributed by atoms with Crippen molar-refractivity contribution >= 4 is 21.9 Å². The second-order valence-electron chi connectivity index (χ2n) is 3.63. The number of aliphatic carboxylic acids is 1. The minimum atomic E-state index is -4.51. The number of methoxy groups -OCH3 is 1. The Balaban J connectivity index is 3.42. The van der Waals surface area contributed by atoms with E-state index in [1.54, 1.807) is 0 Å². The Kier molecular flexibility index (Phi) is 4.26. The van der Waals surface area contributed by atoms with E-state index in [1.807, 2.05) is 0 Å². The van der Waals surface area contributed by atoms with Gasteiger partial charge in [-0.15, -0.1) is 0 Å². The minimum absolute atomic E-state index is 0.0593. The fraction of sp³-hybridized carbons (Fsp3) is 0.364. The SMILES string of the molecule is COc1cc(C(F)(F)F)cc(Br)c1C(C)C(=O)O. The molecule has 0 saturated heterocycles. The van der Waals surface area contributed by atoms with Gasteiger partial charge >= 0.3 is 12.1 Å². The van der Waals surface area contributed by atoms with E-state index in [0.717, 1.165) is 12.1 Å². The van der Waals surface area contributed by atoms with Crippen LogP contribution in [0, 0.1) is 0 Å². The molecule has 1 aromatic carbocycles. The normalized spacial score (nSPS) is 13.2. The van der Waals surface area contributed by atoms with Crippen LogP contribution in [-0.2, 0) is 11.0 Å². The van der Waals surface area contributed by atoms with Crippen molar-refractivity contribution in [3.63, 3.8) is 0 Å². The molecule has 0 aliphatic heterocycles. The Bertz CT molecular complexity index is 471. The predicted octanol–water partition coefficient (Wildman–Crippen LogP) is 3.66. The smallest absolute Gasteiger partial charge is 0.416 e. The number of carboxylic acid groups (broad SMARTS) is 1. The highest BCUT2D eigenvalue weighted by atomic mass is 79.9. The Morgan fingerprint density at radius 3 is 2.39 bits per heavy atom. The van der Waals surface area contributed by atoms with Gasteiger partial charge in [-0.3, -0.25) is 4.79 Å². The van der Waals surface area contributed by atoms with Crippen LogP contribution in [0.15, 0.2) is 16.6 Å². The molecule has 3 nitrogen and oxygen atoms in total. The molecule has 1 aromatic rings. The summed E-state index contributed by atoms with van der Waals surface area (Å²) in [6.07, 6.45) is -4.51. The van der Waals surface area contributed by atoms with Gasteiger partial charge in [-0.25, -0.2) is 0 Å². The van der Waals surface area contributed by atoms with Crippen molar-refractivity contribution < 1.29 is 27.8 Å². The summed E-state index contributed by atoms with van der Waals surface area (Å²) in [5, 5.41) is 8.91. The van der Waals surface area contributed by atoms with E-state index in [1.165, 1.54) is 14.0 Å². The molecule has 0 radical (unpaired) electrons. The molecule has 0 saturated carbocycles. The maximum absolute atomic E-state index is 12.6. The molecule has 0 aliphatic rings. The van der Waals surface area contributed by atoms with E-state index in [0.29, 0.717) is 0 Å². The van der Waals surface area contributed by atoms with E-state index in [-0.39, 0.29) is 15.8 Å². The Labute approximate surface area is 110 Å². The van der Waals surface area contributed by atoms with Gasteiger partial charge < -0.3 is 9.84 Å². The quantitative estimate of drug-likeness (QED) is 0.921. The molecule has 0 bridgehead atoms. The molecule has 18 heavy (non-hydrogen) atoms. The molecule has 1 N–H and O–H groups in total. The number of carbonyl (C=O) groups is 1. The lowest BCUT2D eigenvalue weighted by Crippen LogP contribution is -2.12. The van der Waals surface area contributed by atoms with Gasteiger partial charge in [0.1, 0.15) is 5.75 Å². The third-order valence-corrected chi connectivity index (χ3v) is 3.10. The standard InChI is InChI=1S/C11H10BrF3O3/c1-5(10(16)17)9-7(12)3-6(11(13,14)15)4-8(9)18-2/h3-5H,1-2H3,(H,16,17). The highest BCUT2D eigenvalue weighted by Crippen LogP contribution is 2.40. The molecule has 0 heterocycles. The number of hydrogen-bond acceptors (Lipinski definition) is 2. The van der Waals surface area contributed by atoms with Gasteiger partial charge in [-0.2, -0.15) is 13.2 Å². The monoisotopic (exact) mass is 326 g/mol. The maximum atomic E-state index is 12.6. The topological polar surface area (TPSA) is 46.5 Å².